The molecule has 3 aromatic rings. The molecule has 2 N–H and O–H groups in total. The molecule has 0 aliphatic carbocycles. The second-order valence-corrected chi connectivity index (χ2v) is 8.03. The molecule has 2 unspecified atom stereocenters. The molecule has 2 aromatic heterocycles. The topological polar surface area (TPSA) is 87.2 Å². The Hall–Kier alpha value is -2.74. The van der Waals surface area contributed by atoms with E-state index in [0.29, 0.717) is 23.5 Å². The van der Waals surface area contributed by atoms with Crippen molar-refractivity contribution in [2.75, 3.05) is 11.9 Å². The zero-order valence-corrected chi connectivity index (χ0v) is 19.4. The van der Waals surface area contributed by atoms with Crippen LogP contribution in [0.25, 0.3) is 11.0 Å². The first-order chi connectivity index (χ1) is 15.0. The van der Waals surface area contributed by atoms with Crippen LogP contribution in [0.2, 0.25) is 5.02 Å². The van der Waals surface area contributed by atoms with Crippen LogP contribution < -0.4 is 15.5 Å². The first-order valence-corrected chi connectivity index (χ1v) is 10.6. The zero-order chi connectivity index (χ0) is 22.0. The van der Waals surface area contributed by atoms with Crippen molar-refractivity contribution in [3.8, 4) is 0 Å². The molecular formula is C23H25Cl2N5O2. The summed E-state index contributed by atoms with van der Waals surface area (Å²) in [6, 6.07) is 10.5. The van der Waals surface area contributed by atoms with Gasteiger partial charge in [-0.25, -0.2) is 9.97 Å². The molecule has 3 heterocycles. The Morgan fingerprint density at radius 2 is 2.03 bits per heavy atom. The number of aryl methyl sites for hydroxylation is 1. The SMILES string of the molecule is CNC(C)C(=O)NC1CCc2ccccc2N(Cc2c(Cl)cnc3ncccc23)C1=O.Cl. The second kappa shape index (κ2) is 10.3. The van der Waals surface area contributed by atoms with Gasteiger partial charge in [0.1, 0.15) is 6.04 Å². The normalized spacial score (nSPS) is 16.7. The minimum atomic E-state index is -0.624. The van der Waals surface area contributed by atoms with E-state index in [1.165, 1.54) is 0 Å². The van der Waals surface area contributed by atoms with Gasteiger partial charge in [0.05, 0.1) is 17.6 Å². The summed E-state index contributed by atoms with van der Waals surface area (Å²) in [5.41, 5.74) is 3.24. The molecule has 4 rings (SSSR count). The Kier molecular flexibility index (Phi) is 7.66. The summed E-state index contributed by atoms with van der Waals surface area (Å²) in [6.07, 6.45) is 4.45. The van der Waals surface area contributed by atoms with Gasteiger partial charge in [-0.3, -0.25) is 9.59 Å². The second-order valence-electron chi connectivity index (χ2n) is 7.62. The Bertz CT molecular complexity index is 1140. The average molecular weight is 474 g/mol. The van der Waals surface area contributed by atoms with Gasteiger partial charge in [0.2, 0.25) is 11.8 Å². The Morgan fingerprint density at radius 3 is 2.81 bits per heavy atom. The summed E-state index contributed by atoms with van der Waals surface area (Å²) in [6.45, 7) is 2.02. The number of anilines is 1. The van der Waals surface area contributed by atoms with Crippen LogP contribution in [-0.4, -0.2) is 40.9 Å². The van der Waals surface area contributed by atoms with E-state index in [1.807, 2.05) is 36.4 Å². The predicted molar refractivity (Wildman–Crippen MR) is 128 cm³/mol. The van der Waals surface area contributed by atoms with Crippen molar-refractivity contribution in [2.24, 2.45) is 0 Å². The van der Waals surface area contributed by atoms with Crippen molar-refractivity contribution in [3.05, 3.63) is 64.9 Å². The van der Waals surface area contributed by atoms with E-state index >= 15 is 0 Å². The van der Waals surface area contributed by atoms with E-state index < -0.39 is 12.1 Å². The molecular weight excluding hydrogens is 449 g/mol. The van der Waals surface area contributed by atoms with E-state index in [9.17, 15) is 9.59 Å². The standard InChI is InChI=1S/C23H24ClN5O2.ClH/c1-14(25-2)22(30)28-19-10-9-15-6-3-4-8-20(15)29(23(19)31)13-17-16-7-5-11-26-21(16)27-12-18(17)24;/h3-8,11-12,14,19,25H,9-10,13H2,1-2H3,(H,28,30);1H. The number of hydrogen-bond donors (Lipinski definition) is 2. The molecule has 0 radical (unpaired) electrons. The lowest BCUT2D eigenvalue weighted by Gasteiger charge is -2.27. The molecule has 1 aromatic carbocycles. The summed E-state index contributed by atoms with van der Waals surface area (Å²) in [5.74, 6) is -0.366. The Balaban J connectivity index is 0.00000289. The number of likely N-dealkylation sites (N-methyl/N-ethyl adjacent to an activating group) is 1. The van der Waals surface area contributed by atoms with E-state index in [-0.39, 0.29) is 30.8 Å². The Morgan fingerprint density at radius 1 is 1.25 bits per heavy atom. The number of para-hydroxylation sites is 1. The highest BCUT2D eigenvalue weighted by Gasteiger charge is 2.32. The quantitative estimate of drug-likeness (QED) is 0.593. The van der Waals surface area contributed by atoms with Gasteiger partial charge >= 0.3 is 0 Å². The maximum Gasteiger partial charge on any atom is 0.249 e. The highest BCUT2D eigenvalue weighted by atomic mass is 35.5. The molecule has 32 heavy (non-hydrogen) atoms. The molecule has 1 aliphatic rings. The van der Waals surface area contributed by atoms with Gasteiger partial charge in [-0.2, -0.15) is 0 Å². The summed E-state index contributed by atoms with van der Waals surface area (Å²) < 4.78 is 0. The molecule has 0 bridgehead atoms. The monoisotopic (exact) mass is 473 g/mol. The number of hydrogen-bond acceptors (Lipinski definition) is 5. The third-order valence-electron chi connectivity index (χ3n) is 5.71. The Labute approximate surface area is 198 Å². The number of halogens is 2. The van der Waals surface area contributed by atoms with Crippen LogP contribution in [-0.2, 0) is 22.6 Å². The molecule has 2 amide bonds. The molecule has 0 spiro atoms. The van der Waals surface area contributed by atoms with Crippen molar-refractivity contribution in [2.45, 2.75) is 38.4 Å². The van der Waals surface area contributed by atoms with Crippen LogP contribution in [0.1, 0.15) is 24.5 Å². The number of nitrogens with one attached hydrogen (secondary N) is 2. The van der Waals surface area contributed by atoms with Crippen LogP contribution in [0.15, 0.2) is 48.8 Å². The first kappa shape index (κ1) is 23.9. The van der Waals surface area contributed by atoms with E-state index in [4.69, 9.17) is 11.6 Å². The highest BCUT2D eigenvalue weighted by Crippen LogP contribution is 2.32. The smallest absolute Gasteiger partial charge is 0.249 e. The number of rotatable bonds is 5. The lowest BCUT2D eigenvalue weighted by Crippen LogP contribution is -2.52. The largest absolute Gasteiger partial charge is 0.343 e. The number of carbonyl (C=O) groups excluding carboxylic acids is 2. The number of pyridine rings is 2. The summed E-state index contributed by atoms with van der Waals surface area (Å²) >= 11 is 6.51. The van der Waals surface area contributed by atoms with Crippen molar-refractivity contribution in [3.63, 3.8) is 0 Å². The zero-order valence-electron chi connectivity index (χ0n) is 17.8. The van der Waals surface area contributed by atoms with E-state index in [0.717, 1.165) is 22.2 Å². The lowest BCUT2D eigenvalue weighted by atomic mass is 10.1. The molecule has 7 nitrogen and oxygen atoms in total. The van der Waals surface area contributed by atoms with Gasteiger partial charge in [0.25, 0.3) is 0 Å². The molecule has 0 fully saturated rings. The van der Waals surface area contributed by atoms with E-state index in [1.54, 1.807) is 31.3 Å². The number of aromatic nitrogens is 2. The van der Waals surface area contributed by atoms with Gasteiger partial charge in [-0.1, -0.05) is 29.8 Å². The molecule has 0 saturated heterocycles. The van der Waals surface area contributed by atoms with Crippen LogP contribution in [0, 0.1) is 0 Å². The maximum absolute atomic E-state index is 13.6. The number of carbonyl (C=O) groups is 2. The molecule has 0 saturated carbocycles. The third kappa shape index (κ3) is 4.70. The van der Waals surface area contributed by atoms with Crippen molar-refractivity contribution >= 4 is 52.5 Å². The number of benzene rings is 1. The molecule has 168 valence electrons. The van der Waals surface area contributed by atoms with Crippen LogP contribution in [0.4, 0.5) is 5.69 Å². The summed E-state index contributed by atoms with van der Waals surface area (Å²) in [5, 5.41) is 7.10. The predicted octanol–water partition coefficient (Wildman–Crippen LogP) is 3.28. The minimum absolute atomic E-state index is 0. The van der Waals surface area contributed by atoms with Crippen LogP contribution >= 0.6 is 24.0 Å². The number of amides is 2. The van der Waals surface area contributed by atoms with Gasteiger partial charge in [0, 0.05) is 29.0 Å². The van der Waals surface area contributed by atoms with Gasteiger partial charge in [0.15, 0.2) is 5.65 Å². The average Bonchev–Trinajstić information content (AvgIpc) is 2.92. The number of fused-ring (bicyclic) bond motifs is 2. The fourth-order valence-corrected chi connectivity index (χ4v) is 4.03. The van der Waals surface area contributed by atoms with Crippen molar-refractivity contribution < 1.29 is 9.59 Å². The molecule has 9 heteroatoms. The van der Waals surface area contributed by atoms with Crippen molar-refractivity contribution in [1.82, 2.24) is 20.6 Å². The summed E-state index contributed by atoms with van der Waals surface area (Å²) in [4.78, 5) is 36.4. The maximum atomic E-state index is 13.6. The summed E-state index contributed by atoms with van der Waals surface area (Å²) in [7, 11) is 1.71. The fourth-order valence-electron chi connectivity index (χ4n) is 3.82. The van der Waals surface area contributed by atoms with E-state index in [2.05, 4.69) is 20.6 Å². The van der Waals surface area contributed by atoms with Crippen molar-refractivity contribution in [1.29, 1.82) is 0 Å². The molecule has 2 atom stereocenters. The molecule has 1 aliphatic heterocycles. The van der Waals surface area contributed by atoms with Gasteiger partial charge < -0.3 is 15.5 Å². The minimum Gasteiger partial charge on any atom is -0.343 e. The van der Waals surface area contributed by atoms with Gasteiger partial charge in [-0.15, -0.1) is 12.4 Å². The van der Waals surface area contributed by atoms with Crippen LogP contribution in [0.3, 0.4) is 0 Å². The van der Waals surface area contributed by atoms with Gasteiger partial charge in [-0.05, 0) is 50.6 Å². The lowest BCUT2D eigenvalue weighted by molar-refractivity contribution is -0.128. The third-order valence-corrected chi connectivity index (χ3v) is 6.03. The first-order valence-electron chi connectivity index (χ1n) is 10.2. The highest BCUT2D eigenvalue weighted by molar-refractivity contribution is 6.32. The number of nitrogens with zero attached hydrogens (tertiary/aromatic N) is 3. The van der Waals surface area contributed by atoms with Crippen LogP contribution in [0.5, 0.6) is 0 Å². The fraction of sp³-hybridized carbons (Fsp3) is 0.304.